The van der Waals surface area contributed by atoms with Gasteiger partial charge in [0.2, 0.25) is 10.0 Å². The minimum absolute atomic E-state index is 0.232. The summed E-state index contributed by atoms with van der Waals surface area (Å²) in [6.07, 6.45) is 3.13. The summed E-state index contributed by atoms with van der Waals surface area (Å²) in [4.78, 5) is 0.264. The first-order valence-corrected chi connectivity index (χ1v) is 8.86. The number of fused-ring (bicyclic) bond motifs is 1. The number of sulfonamides is 1. The molecule has 0 aliphatic carbocycles. The third-order valence-electron chi connectivity index (χ3n) is 3.43. The summed E-state index contributed by atoms with van der Waals surface area (Å²) < 4.78 is 32.9. The maximum absolute atomic E-state index is 13.0. The molecule has 0 unspecified atom stereocenters. The Morgan fingerprint density at radius 1 is 1.04 bits per heavy atom. The molecule has 0 aliphatic heterocycles. The van der Waals surface area contributed by atoms with Gasteiger partial charge in [0.25, 0.3) is 0 Å². The van der Waals surface area contributed by atoms with Crippen LogP contribution in [-0.4, -0.2) is 32.4 Å². The second-order valence-electron chi connectivity index (χ2n) is 4.94. The van der Waals surface area contributed by atoms with E-state index in [-0.39, 0.29) is 18.0 Å². The van der Waals surface area contributed by atoms with Crippen LogP contribution in [0.1, 0.15) is 6.92 Å². The van der Waals surface area contributed by atoms with Crippen molar-refractivity contribution in [3.8, 4) is 5.75 Å². The molecule has 0 spiro atoms. The Kier molecular flexibility index (Phi) is 5.58. The van der Waals surface area contributed by atoms with E-state index >= 15 is 0 Å². The molecule has 2 aromatic rings. The minimum atomic E-state index is -3.65. The molecule has 0 atom stereocenters. The van der Waals surface area contributed by atoms with Gasteiger partial charge >= 0.3 is 0 Å². The van der Waals surface area contributed by atoms with Gasteiger partial charge in [-0.25, -0.2) is 8.42 Å². The van der Waals surface area contributed by atoms with Gasteiger partial charge < -0.3 is 4.74 Å². The molecule has 2 aromatic carbocycles. The van der Waals surface area contributed by atoms with Crippen molar-refractivity contribution >= 4 is 20.8 Å². The van der Waals surface area contributed by atoms with Crippen LogP contribution in [0.15, 0.2) is 66.6 Å². The van der Waals surface area contributed by atoms with E-state index in [9.17, 15) is 8.42 Å². The van der Waals surface area contributed by atoms with E-state index < -0.39 is 10.0 Å². The average Bonchev–Trinajstić information content (AvgIpc) is 2.55. The summed E-state index contributed by atoms with van der Waals surface area (Å²) in [5, 5.41) is 1.43. The second kappa shape index (κ2) is 7.44. The van der Waals surface area contributed by atoms with Gasteiger partial charge in [0.15, 0.2) is 0 Å². The fourth-order valence-electron chi connectivity index (χ4n) is 2.45. The molecule has 0 radical (unpaired) electrons. The quantitative estimate of drug-likeness (QED) is 0.694. The molecular weight excluding hydrogens is 310 g/mol. The van der Waals surface area contributed by atoms with Gasteiger partial charge in [0, 0.05) is 23.9 Å². The highest BCUT2D eigenvalue weighted by Crippen LogP contribution is 2.32. The standard InChI is InChI=1S/C18H21NO3S/c1-4-13-19(14-5-2)23(20,21)18-12-11-17(22-6-3)15-9-7-8-10-16(15)18/h4-5,7-12H,1-2,6,13-14H2,3H3. The van der Waals surface area contributed by atoms with E-state index in [0.29, 0.717) is 17.7 Å². The summed E-state index contributed by atoms with van der Waals surface area (Å²) in [6.45, 7) is 10.1. The van der Waals surface area contributed by atoms with E-state index in [1.807, 2.05) is 25.1 Å². The molecule has 0 heterocycles. The Morgan fingerprint density at radius 3 is 2.22 bits per heavy atom. The zero-order chi connectivity index (χ0) is 16.9. The van der Waals surface area contributed by atoms with Gasteiger partial charge in [-0.05, 0) is 19.1 Å². The molecule has 4 nitrogen and oxygen atoms in total. The summed E-state index contributed by atoms with van der Waals surface area (Å²) in [7, 11) is -3.65. The van der Waals surface area contributed by atoms with Gasteiger partial charge in [0.05, 0.1) is 11.5 Å². The van der Waals surface area contributed by atoms with E-state index in [0.717, 1.165) is 5.39 Å². The van der Waals surface area contributed by atoms with Crippen LogP contribution in [-0.2, 0) is 10.0 Å². The van der Waals surface area contributed by atoms with Crippen molar-refractivity contribution in [2.75, 3.05) is 19.7 Å². The summed E-state index contributed by atoms with van der Waals surface area (Å²) in [5.41, 5.74) is 0. The van der Waals surface area contributed by atoms with Crippen LogP contribution in [0.3, 0.4) is 0 Å². The van der Waals surface area contributed by atoms with Crippen molar-refractivity contribution in [2.45, 2.75) is 11.8 Å². The number of hydrogen-bond acceptors (Lipinski definition) is 3. The lowest BCUT2D eigenvalue weighted by atomic mass is 10.1. The molecule has 0 aliphatic rings. The molecule has 122 valence electrons. The first-order chi connectivity index (χ1) is 11.1. The van der Waals surface area contributed by atoms with Crippen LogP contribution in [0.5, 0.6) is 5.75 Å². The molecule has 0 fully saturated rings. The van der Waals surface area contributed by atoms with Crippen molar-refractivity contribution in [3.63, 3.8) is 0 Å². The van der Waals surface area contributed by atoms with Gasteiger partial charge in [-0.3, -0.25) is 0 Å². The van der Waals surface area contributed by atoms with Gasteiger partial charge in [0.1, 0.15) is 5.75 Å². The lowest BCUT2D eigenvalue weighted by Gasteiger charge is -2.20. The van der Waals surface area contributed by atoms with Crippen LogP contribution in [0.25, 0.3) is 10.8 Å². The van der Waals surface area contributed by atoms with Crippen LogP contribution >= 0.6 is 0 Å². The monoisotopic (exact) mass is 331 g/mol. The summed E-state index contributed by atoms with van der Waals surface area (Å²) >= 11 is 0. The normalized spacial score (nSPS) is 11.6. The zero-order valence-electron chi connectivity index (χ0n) is 13.2. The third kappa shape index (κ3) is 3.46. The topological polar surface area (TPSA) is 46.6 Å². The fourth-order valence-corrected chi connectivity index (χ4v) is 4.03. The molecule has 23 heavy (non-hydrogen) atoms. The molecule has 0 saturated carbocycles. The van der Waals surface area contributed by atoms with Crippen molar-refractivity contribution in [1.82, 2.24) is 4.31 Å². The van der Waals surface area contributed by atoms with Gasteiger partial charge in [-0.1, -0.05) is 36.4 Å². The number of ether oxygens (including phenoxy) is 1. The van der Waals surface area contributed by atoms with Gasteiger partial charge in [-0.2, -0.15) is 4.31 Å². The molecule has 2 rings (SSSR count). The van der Waals surface area contributed by atoms with Crippen LogP contribution in [0, 0.1) is 0 Å². The maximum atomic E-state index is 13.0. The smallest absolute Gasteiger partial charge is 0.244 e. The van der Waals surface area contributed by atoms with Crippen LogP contribution in [0.4, 0.5) is 0 Å². The van der Waals surface area contributed by atoms with Crippen molar-refractivity contribution < 1.29 is 13.2 Å². The predicted octanol–water partition coefficient (Wildman–Crippen LogP) is 3.60. The Hall–Kier alpha value is -2.11. The number of nitrogens with zero attached hydrogens (tertiary/aromatic N) is 1. The average molecular weight is 331 g/mol. The Balaban J connectivity index is 2.65. The molecule has 0 bridgehead atoms. The van der Waals surface area contributed by atoms with Gasteiger partial charge in [-0.15, -0.1) is 13.2 Å². The maximum Gasteiger partial charge on any atom is 0.244 e. The minimum Gasteiger partial charge on any atom is -0.493 e. The van der Waals surface area contributed by atoms with Crippen molar-refractivity contribution in [2.24, 2.45) is 0 Å². The second-order valence-corrected chi connectivity index (χ2v) is 6.85. The largest absolute Gasteiger partial charge is 0.493 e. The number of benzene rings is 2. The number of hydrogen-bond donors (Lipinski definition) is 0. The molecule has 0 saturated heterocycles. The molecule has 5 heteroatoms. The van der Waals surface area contributed by atoms with Crippen LogP contribution < -0.4 is 4.74 Å². The number of rotatable bonds is 8. The Morgan fingerprint density at radius 2 is 1.65 bits per heavy atom. The zero-order valence-corrected chi connectivity index (χ0v) is 14.1. The van der Waals surface area contributed by atoms with E-state index in [2.05, 4.69) is 13.2 Å². The molecular formula is C18H21NO3S. The molecule has 0 amide bonds. The highest BCUT2D eigenvalue weighted by atomic mass is 32.2. The summed E-state index contributed by atoms with van der Waals surface area (Å²) in [5.74, 6) is 0.682. The highest BCUT2D eigenvalue weighted by molar-refractivity contribution is 7.89. The lowest BCUT2D eigenvalue weighted by Crippen LogP contribution is -2.31. The first-order valence-electron chi connectivity index (χ1n) is 7.42. The first kappa shape index (κ1) is 17.2. The van der Waals surface area contributed by atoms with Crippen molar-refractivity contribution in [1.29, 1.82) is 0 Å². The molecule has 0 N–H and O–H groups in total. The highest BCUT2D eigenvalue weighted by Gasteiger charge is 2.25. The fraction of sp³-hybridized carbons (Fsp3) is 0.222. The Bertz CT molecular complexity index is 802. The SMILES string of the molecule is C=CCN(CC=C)S(=O)(=O)c1ccc(OCC)c2ccccc12. The van der Waals surface area contributed by atoms with Crippen LogP contribution in [0.2, 0.25) is 0 Å². The van der Waals surface area contributed by atoms with E-state index in [1.54, 1.807) is 30.4 Å². The van der Waals surface area contributed by atoms with Crippen molar-refractivity contribution in [3.05, 3.63) is 61.7 Å². The van der Waals surface area contributed by atoms with E-state index in [4.69, 9.17) is 4.74 Å². The predicted molar refractivity (Wildman–Crippen MR) is 94.3 cm³/mol. The Labute approximate surface area is 137 Å². The lowest BCUT2D eigenvalue weighted by molar-refractivity contribution is 0.344. The van der Waals surface area contributed by atoms with E-state index in [1.165, 1.54) is 4.31 Å². The molecule has 0 aromatic heterocycles. The third-order valence-corrected chi connectivity index (χ3v) is 5.32. The summed E-state index contributed by atoms with van der Waals surface area (Å²) in [6, 6.07) is 10.7.